The van der Waals surface area contributed by atoms with E-state index in [0.717, 1.165) is 12.8 Å². The van der Waals surface area contributed by atoms with E-state index >= 15 is 0 Å². The number of aryl methyl sites for hydroxylation is 1. The molecule has 2 heterocycles. The maximum atomic E-state index is 12.2. The van der Waals surface area contributed by atoms with E-state index in [2.05, 4.69) is 15.3 Å². The molecule has 0 atom stereocenters. The minimum absolute atomic E-state index is 0.193. The standard InChI is InChI=1S/C10H18N4O2S/c1-8-12-7-10(13-8)17(15,16)14-5-3-9(11-2)4-6-14/h7,9,11H,3-6H2,1-2H3,(H,12,13). The Morgan fingerprint density at radius 3 is 2.59 bits per heavy atom. The summed E-state index contributed by atoms with van der Waals surface area (Å²) in [5.41, 5.74) is 0. The molecule has 0 aliphatic carbocycles. The highest BCUT2D eigenvalue weighted by atomic mass is 32.2. The zero-order chi connectivity index (χ0) is 12.5. The Bertz CT molecular complexity index is 474. The van der Waals surface area contributed by atoms with Gasteiger partial charge in [-0.05, 0) is 26.8 Å². The van der Waals surface area contributed by atoms with Crippen LogP contribution in [0.15, 0.2) is 11.2 Å². The summed E-state index contributed by atoms with van der Waals surface area (Å²) in [4.78, 5) is 6.72. The highest BCUT2D eigenvalue weighted by Gasteiger charge is 2.29. The lowest BCUT2D eigenvalue weighted by Crippen LogP contribution is -2.43. The summed E-state index contributed by atoms with van der Waals surface area (Å²) in [6.07, 6.45) is 3.08. The number of hydrogen-bond donors (Lipinski definition) is 2. The van der Waals surface area contributed by atoms with Gasteiger partial charge in [-0.25, -0.2) is 13.4 Å². The number of piperidine rings is 1. The second kappa shape index (κ2) is 4.75. The molecule has 1 saturated heterocycles. The van der Waals surface area contributed by atoms with Gasteiger partial charge in [0.05, 0.1) is 6.20 Å². The molecule has 1 aliphatic heterocycles. The van der Waals surface area contributed by atoms with Gasteiger partial charge in [0.25, 0.3) is 10.0 Å². The van der Waals surface area contributed by atoms with Crippen molar-refractivity contribution in [2.24, 2.45) is 0 Å². The SMILES string of the molecule is CNC1CCN(S(=O)(=O)c2cnc(C)[nH]2)CC1. The van der Waals surface area contributed by atoms with E-state index in [0.29, 0.717) is 25.0 Å². The zero-order valence-electron chi connectivity index (χ0n) is 10.1. The first-order valence-corrected chi connectivity index (χ1v) is 7.17. The molecule has 0 bridgehead atoms. The average molecular weight is 258 g/mol. The van der Waals surface area contributed by atoms with Crippen LogP contribution in [0.2, 0.25) is 0 Å². The van der Waals surface area contributed by atoms with Gasteiger partial charge in [0.2, 0.25) is 0 Å². The number of rotatable bonds is 3. The summed E-state index contributed by atoms with van der Waals surface area (Å²) in [7, 11) is -1.48. The monoisotopic (exact) mass is 258 g/mol. The van der Waals surface area contributed by atoms with Gasteiger partial charge in [0.1, 0.15) is 5.82 Å². The van der Waals surface area contributed by atoms with Crippen molar-refractivity contribution in [2.75, 3.05) is 20.1 Å². The lowest BCUT2D eigenvalue weighted by Gasteiger charge is -2.30. The fourth-order valence-electron chi connectivity index (χ4n) is 2.05. The smallest absolute Gasteiger partial charge is 0.260 e. The van der Waals surface area contributed by atoms with E-state index in [1.54, 1.807) is 6.92 Å². The average Bonchev–Trinajstić information content (AvgIpc) is 2.77. The van der Waals surface area contributed by atoms with Crippen LogP contribution in [0.4, 0.5) is 0 Å². The Morgan fingerprint density at radius 1 is 1.47 bits per heavy atom. The molecule has 1 aliphatic rings. The Labute approximate surface area is 101 Å². The van der Waals surface area contributed by atoms with Crippen molar-refractivity contribution in [3.8, 4) is 0 Å². The lowest BCUT2D eigenvalue weighted by atomic mass is 10.1. The number of aromatic nitrogens is 2. The molecule has 7 heteroatoms. The van der Waals surface area contributed by atoms with Crippen LogP contribution in [0, 0.1) is 6.92 Å². The minimum Gasteiger partial charge on any atom is -0.332 e. The first kappa shape index (κ1) is 12.5. The number of H-pyrrole nitrogens is 1. The van der Waals surface area contributed by atoms with Gasteiger partial charge in [-0.3, -0.25) is 0 Å². The van der Waals surface area contributed by atoms with Gasteiger partial charge in [0, 0.05) is 19.1 Å². The number of hydrogen-bond acceptors (Lipinski definition) is 4. The van der Waals surface area contributed by atoms with Crippen LogP contribution in [0.1, 0.15) is 18.7 Å². The van der Waals surface area contributed by atoms with Gasteiger partial charge < -0.3 is 10.3 Å². The summed E-state index contributed by atoms with van der Waals surface area (Å²) in [5.74, 6) is 0.619. The van der Waals surface area contributed by atoms with E-state index in [4.69, 9.17) is 0 Å². The molecule has 0 aromatic carbocycles. The molecule has 0 unspecified atom stereocenters. The molecule has 1 fully saturated rings. The third kappa shape index (κ3) is 2.51. The molecule has 1 aromatic heterocycles. The van der Waals surface area contributed by atoms with Crippen LogP contribution in [0.3, 0.4) is 0 Å². The van der Waals surface area contributed by atoms with Crippen molar-refractivity contribution < 1.29 is 8.42 Å². The zero-order valence-corrected chi connectivity index (χ0v) is 10.9. The molecular weight excluding hydrogens is 240 g/mol. The molecule has 2 rings (SSSR count). The molecular formula is C10H18N4O2S. The second-order valence-electron chi connectivity index (χ2n) is 4.30. The highest BCUT2D eigenvalue weighted by molar-refractivity contribution is 7.89. The van der Waals surface area contributed by atoms with E-state index in [1.807, 2.05) is 7.05 Å². The van der Waals surface area contributed by atoms with Gasteiger partial charge in [-0.15, -0.1) is 0 Å². The Morgan fingerprint density at radius 2 is 2.12 bits per heavy atom. The first-order valence-electron chi connectivity index (χ1n) is 5.73. The van der Waals surface area contributed by atoms with Crippen molar-refractivity contribution in [3.63, 3.8) is 0 Å². The Hall–Kier alpha value is -0.920. The van der Waals surface area contributed by atoms with E-state index in [-0.39, 0.29) is 5.03 Å². The molecule has 17 heavy (non-hydrogen) atoms. The predicted octanol–water partition coefficient (Wildman–Crippen LogP) is 0.0906. The summed E-state index contributed by atoms with van der Waals surface area (Å²) in [5, 5.41) is 3.37. The second-order valence-corrected chi connectivity index (χ2v) is 6.21. The Kier molecular flexibility index (Phi) is 3.50. The highest BCUT2D eigenvalue weighted by Crippen LogP contribution is 2.19. The van der Waals surface area contributed by atoms with Gasteiger partial charge in [-0.2, -0.15) is 4.31 Å². The maximum absolute atomic E-state index is 12.2. The topological polar surface area (TPSA) is 78.1 Å². The first-order chi connectivity index (χ1) is 8.04. The van der Waals surface area contributed by atoms with Gasteiger partial charge in [0.15, 0.2) is 5.03 Å². The van der Waals surface area contributed by atoms with Crippen LogP contribution in [0.5, 0.6) is 0 Å². The summed E-state index contributed by atoms with van der Waals surface area (Å²) < 4.78 is 26.0. The van der Waals surface area contributed by atoms with E-state index < -0.39 is 10.0 Å². The number of aromatic amines is 1. The molecule has 0 amide bonds. The molecule has 6 nitrogen and oxygen atoms in total. The molecule has 2 N–H and O–H groups in total. The van der Waals surface area contributed by atoms with Gasteiger partial charge >= 0.3 is 0 Å². The number of nitrogens with one attached hydrogen (secondary N) is 2. The maximum Gasteiger partial charge on any atom is 0.260 e. The molecule has 0 saturated carbocycles. The summed E-state index contributed by atoms with van der Waals surface area (Å²) in [6, 6.07) is 0.421. The van der Waals surface area contributed by atoms with Crippen LogP contribution < -0.4 is 5.32 Å². The number of sulfonamides is 1. The van der Waals surface area contributed by atoms with Crippen molar-refractivity contribution in [1.29, 1.82) is 0 Å². The van der Waals surface area contributed by atoms with Crippen LogP contribution in [0.25, 0.3) is 0 Å². The molecule has 1 aromatic rings. The lowest BCUT2D eigenvalue weighted by molar-refractivity contribution is 0.298. The third-order valence-corrected chi connectivity index (χ3v) is 4.97. The van der Waals surface area contributed by atoms with Gasteiger partial charge in [-0.1, -0.05) is 0 Å². The van der Waals surface area contributed by atoms with Crippen molar-refractivity contribution in [2.45, 2.75) is 30.8 Å². The van der Waals surface area contributed by atoms with Crippen molar-refractivity contribution >= 4 is 10.0 Å². The van der Waals surface area contributed by atoms with Crippen LogP contribution >= 0.6 is 0 Å². The summed E-state index contributed by atoms with van der Waals surface area (Å²) >= 11 is 0. The molecule has 0 radical (unpaired) electrons. The minimum atomic E-state index is -3.39. The van der Waals surface area contributed by atoms with Crippen molar-refractivity contribution in [3.05, 3.63) is 12.0 Å². The quantitative estimate of drug-likeness (QED) is 0.805. The van der Waals surface area contributed by atoms with Crippen LogP contribution in [-0.4, -0.2) is 48.9 Å². The van der Waals surface area contributed by atoms with E-state index in [9.17, 15) is 8.42 Å². The number of imidazole rings is 1. The molecule has 96 valence electrons. The largest absolute Gasteiger partial charge is 0.332 e. The van der Waals surface area contributed by atoms with Crippen molar-refractivity contribution in [1.82, 2.24) is 19.6 Å². The fraction of sp³-hybridized carbons (Fsp3) is 0.700. The normalized spacial score (nSPS) is 19.6. The fourth-order valence-corrected chi connectivity index (χ4v) is 3.49. The number of nitrogens with zero attached hydrogens (tertiary/aromatic N) is 2. The van der Waals surface area contributed by atoms with Crippen LogP contribution in [-0.2, 0) is 10.0 Å². The molecule has 0 spiro atoms. The third-order valence-electron chi connectivity index (χ3n) is 3.16. The predicted molar refractivity (Wildman–Crippen MR) is 64.2 cm³/mol. The Balaban J connectivity index is 2.12. The summed E-state index contributed by atoms with van der Waals surface area (Å²) in [6.45, 7) is 2.87. The van der Waals surface area contributed by atoms with E-state index in [1.165, 1.54) is 10.5 Å².